The van der Waals surface area contributed by atoms with Crippen LogP contribution in [0.15, 0.2) is 12.3 Å². The fourth-order valence-corrected chi connectivity index (χ4v) is 1.19. The smallest absolute Gasteiger partial charge is 0.133 e. The van der Waals surface area contributed by atoms with Crippen LogP contribution >= 0.6 is 0 Å². The first kappa shape index (κ1) is 11.9. The van der Waals surface area contributed by atoms with Crippen molar-refractivity contribution in [2.24, 2.45) is 0 Å². The predicted molar refractivity (Wildman–Crippen MR) is 61.0 cm³/mol. The molecule has 0 radical (unpaired) electrons. The van der Waals surface area contributed by atoms with E-state index in [1.807, 2.05) is 13.0 Å². The number of hydrogen-bond acceptors (Lipinski definition) is 4. The number of ether oxygens (including phenoxy) is 1. The molecule has 1 N–H and O–H groups in total. The molecule has 0 aliphatic rings. The van der Waals surface area contributed by atoms with Crippen LogP contribution in [0, 0.1) is 0 Å². The van der Waals surface area contributed by atoms with Gasteiger partial charge in [-0.25, -0.2) is 9.97 Å². The molecule has 15 heavy (non-hydrogen) atoms. The quantitative estimate of drug-likeness (QED) is 0.777. The van der Waals surface area contributed by atoms with Gasteiger partial charge >= 0.3 is 0 Å². The van der Waals surface area contributed by atoms with Crippen LogP contribution in [-0.4, -0.2) is 29.7 Å². The van der Waals surface area contributed by atoms with Crippen molar-refractivity contribution in [2.75, 3.05) is 19.0 Å². The van der Waals surface area contributed by atoms with Crippen LogP contribution in [0.2, 0.25) is 0 Å². The zero-order valence-corrected chi connectivity index (χ0v) is 9.66. The molecule has 0 bridgehead atoms. The van der Waals surface area contributed by atoms with Crippen molar-refractivity contribution in [3.05, 3.63) is 18.1 Å². The van der Waals surface area contributed by atoms with Crippen LogP contribution in [0.1, 0.15) is 26.1 Å². The van der Waals surface area contributed by atoms with Crippen molar-refractivity contribution in [2.45, 2.75) is 32.8 Å². The van der Waals surface area contributed by atoms with E-state index < -0.39 is 0 Å². The summed E-state index contributed by atoms with van der Waals surface area (Å²) in [7, 11) is 1.70. The van der Waals surface area contributed by atoms with Crippen molar-refractivity contribution >= 4 is 5.82 Å². The maximum atomic E-state index is 5.17. The molecule has 4 heteroatoms. The molecule has 84 valence electrons. The third-order valence-electron chi connectivity index (χ3n) is 2.13. The Labute approximate surface area is 91.1 Å². The molecule has 0 aliphatic carbocycles. The lowest BCUT2D eigenvalue weighted by Crippen LogP contribution is -2.12. The van der Waals surface area contributed by atoms with Gasteiger partial charge < -0.3 is 10.1 Å². The highest BCUT2D eigenvalue weighted by molar-refractivity contribution is 5.32. The largest absolute Gasteiger partial charge is 0.381 e. The molecule has 1 aromatic rings. The van der Waals surface area contributed by atoms with Gasteiger partial charge in [0.05, 0.1) is 6.10 Å². The highest BCUT2D eigenvalue weighted by Gasteiger charge is 2.04. The number of aromatic nitrogens is 2. The predicted octanol–water partition coefficient (Wildman–Crippen LogP) is 1.88. The monoisotopic (exact) mass is 209 g/mol. The van der Waals surface area contributed by atoms with E-state index in [1.54, 1.807) is 13.3 Å². The Morgan fingerprint density at radius 1 is 1.53 bits per heavy atom. The average molecular weight is 209 g/mol. The lowest BCUT2D eigenvalue weighted by Gasteiger charge is -2.09. The van der Waals surface area contributed by atoms with Gasteiger partial charge in [-0.15, -0.1) is 0 Å². The molecule has 1 aromatic heterocycles. The van der Waals surface area contributed by atoms with Crippen LogP contribution in [0.3, 0.4) is 0 Å². The molecule has 0 amide bonds. The molecule has 0 spiro atoms. The number of methoxy groups -OCH3 is 1. The second-order valence-electron chi connectivity index (χ2n) is 3.54. The van der Waals surface area contributed by atoms with E-state index >= 15 is 0 Å². The summed E-state index contributed by atoms with van der Waals surface area (Å²) in [5.74, 6) is 1.72. The summed E-state index contributed by atoms with van der Waals surface area (Å²) in [6.45, 7) is 5.08. The van der Waals surface area contributed by atoms with Gasteiger partial charge in [-0.2, -0.15) is 0 Å². The van der Waals surface area contributed by atoms with Crippen LogP contribution in [-0.2, 0) is 11.2 Å². The molecule has 1 atom stereocenters. The maximum Gasteiger partial charge on any atom is 0.133 e. The van der Waals surface area contributed by atoms with Crippen LogP contribution in [0.4, 0.5) is 5.82 Å². The van der Waals surface area contributed by atoms with E-state index in [-0.39, 0.29) is 6.10 Å². The Morgan fingerprint density at radius 3 is 3.00 bits per heavy atom. The summed E-state index contributed by atoms with van der Waals surface area (Å²) in [5.41, 5.74) is 0. The molecule has 0 saturated heterocycles. The van der Waals surface area contributed by atoms with Crippen molar-refractivity contribution in [1.29, 1.82) is 0 Å². The lowest BCUT2D eigenvalue weighted by atomic mass is 10.2. The number of nitrogens with one attached hydrogen (secondary N) is 1. The molecular formula is C11H19N3O. The minimum Gasteiger partial charge on any atom is -0.381 e. The number of hydrogen-bond donors (Lipinski definition) is 1. The molecule has 0 saturated carbocycles. The minimum absolute atomic E-state index is 0.159. The zero-order valence-electron chi connectivity index (χ0n) is 9.66. The van der Waals surface area contributed by atoms with Gasteiger partial charge in [0, 0.05) is 26.3 Å². The molecule has 0 aromatic carbocycles. The van der Waals surface area contributed by atoms with Crippen LogP contribution in [0.5, 0.6) is 0 Å². The SMILES string of the molecule is CCCNc1ccnc(CC(C)OC)n1. The Morgan fingerprint density at radius 2 is 2.33 bits per heavy atom. The molecule has 4 nitrogen and oxygen atoms in total. The van der Waals surface area contributed by atoms with E-state index in [4.69, 9.17) is 4.74 Å². The van der Waals surface area contributed by atoms with Crippen LogP contribution < -0.4 is 5.32 Å². The molecule has 1 rings (SSSR count). The summed E-state index contributed by atoms with van der Waals surface area (Å²) in [5, 5.41) is 3.23. The van der Waals surface area contributed by atoms with Gasteiger partial charge in [-0.1, -0.05) is 6.92 Å². The average Bonchev–Trinajstić information content (AvgIpc) is 2.26. The second-order valence-corrected chi connectivity index (χ2v) is 3.54. The van der Waals surface area contributed by atoms with Gasteiger partial charge in [-0.3, -0.25) is 0 Å². The van der Waals surface area contributed by atoms with Gasteiger partial charge in [0.1, 0.15) is 11.6 Å². The Kier molecular flexibility index (Phi) is 5.04. The summed E-state index contributed by atoms with van der Waals surface area (Å²) >= 11 is 0. The fraction of sp³-hybridized carbons (Fsp3) is 0.636. The summed E-state index contributed by atoms with van der Waals surface area (Å²) < 4.78 is 5.17. The van der Waals surface area contributed by atoms with E-state index in [9.17, 15) is 0 Å². The van der Waals surface area contributed by atoms with Gasteiger partial charge in [0.25, 0.3) is 0 Å². The van der Waals surface area contributed by atoms with Crippen molar-refractivity contribution in [1.82, 2.24) is 9.97 Å². The highest BCUT2D eigenvalue weighted by atomic mass is 16.5. The first-order valence-electron chi connectivity index (χ1n) is 5.34. The first-order valence-corrected chi connectivity index (χ1v) is 5.34. The van der Waals surface area contributed by atoms with E-state index in [1.165, 1.54) is 0 Å². The zero-order chi connectivity index (χ0) is 11.1. The first-order chi connectivity index (χ1) is 7.26. The topological polar surface area (TPSA) is 47.0 Å². The van der Waals surface area contributed by atoms with Gasteiger partial charge in [-0.05, 0) is 19.4 Å². The molecule has 1 unspecified atom stereocenters. The standard InChI is InChI=1S/C11H19N3O/c1-4-6-12-10-5-7-13-11(14-10)8-9(2)15-3/h5,7,9H,4,6,8H2,1-3H3,(H,12,13,14). The summed E-state index contributed by atoms with van der Waals surface area (Å²) in [6, 6.07) is 1.89. The lowest BCUT2D eigenvalue weighted by molar-refractivity contribution is 0.117. The van der Waals surface area contributed by atoms with E-state index in [2.05, 4.69) is 22.2 Å². The van der Waals surface area contributed by atoms with Gasteiger partial charge in [0.15, 0.2) is 0 Å². The molecule has 1 heterocycles. The molecular weight excluding hydrogens is 190 g/mol. The Hall–Kier alpha value is -1.16. The fourth-order valence-electron chi connectivity index (χ4n) is 1.19. The van der Waals surface area contributed by atoms with Crippen molar-refractivity contribution in [3.8, 4) is 0 Å². The van der Waals surface area contributed by atoms with Gasteiger partial charge in [0.2, 0.25) is 0 Å². The number of rotatable bonds is 6. The van der Waals surface area contributed by atoms with Crippen LogP contribution in [0.25, 0.3) is 0 Å². The normalized spacial score (nSPS) is 12.5. The highest BCUT2D eigenvalue weighted by Crippen LogP contribution is 2.05. The minimum atomic E-state index is 0.159. The maximum absolute atomic E-state index is 5.17. The third kappa shape index (κ3) is 4.25. The molecule has 0 fully saturated rings. The number of anilines is 1. The Balaban J connectivity index is 2.57. The van der Waals surface area contributed by atoms with E-state index in [0.29, 0.717) is 0 Å². The Bertz CT molecular complexity index is 291. The van der Waals surface area contributed by atoms with E-state index in [0.717, 1.165) is 31.0 Å². The van der Waals surface area contributed by atoms with Crippen molar-refractivity contribution < 1.29 is 4.74 Å². The second kappa shape index (κ2) is 6.35. The number of nitrogens with zero attached hydrogens (tertiary/aromatic N) is 2. The summed E-state index contributed by atoms with van der Waals surface area (Å²) in [6.07, 6.45) is 3.78. The summed E-state index contributed by atoms with van der Waals surface area (Å²) in [4.78, 5) is 8.60. The molecule has 0 aliphatic heterocycles. The van der Waals surface area contributed by atoms with Crippen molar-refractivity contribution in [3.63, 3.8) is 0 Å². The third-order valence-corrected chi connectivity index (χ3v) is 2.13.